The predicted molar refractivity (Wildman–Crippen MR) is 60.6 cm³/mol. The van der Waals surface area contributed by atoms with Crippen molar-refractivity contribution >= 4 is 11.0 Å². The first kappa shape index (κ1) is 11.5. The molecule has 1 fully saturated rings. The van der Waals surface area contributed by atoms with Crippen LogP contribution in [-0.2, 0) is 4.74 Å². The molecule has 3 rings (SSSR count). The number of hydrogen-bond acceptors (Lipinski definition) is 6. The Kier molecular flexibility index (Phi) is 2.75. The largest absolute Gasteiger partial charge is 0.394 e. The lowest BCUT2D eigenvalue weighted by molar-refractivity contribution is -0.0236. The van der Waals surface area contributed by atoms with E-state index in [2.05, 4.69) is 15.2 Å². The van der Waals surface area contributed by atoms with E-state index in [1.807, 2.05) is 0 Å². The van der Waals surface area contributed by atoms with Crippen LogP contribution < -0.4 is 0 Å². The first-order valence-corrected chi connectivity index (χ1v) is 5.64. The number of H-pyrrole nitrogens is 1. The third-order valence-corrected chi connectivity index (χ3v) is 3.17. The van der Waals surface area contributed by atoms with E-state index in [9.17, 15) is 10.2 Å². The van der Waals surface area contributed by atoms with Crippen molar-refractivity contribution in [2.24, 2.45) is 0 Å². The average molecular weight is 251 g/mol. The maximum absolute atomic E-state index is 9.93. The summed E-state index contributed by atoms with van der Waals surface area (Å²) in [5.74, 6) is 0. The second-order valence-corrected chi connectivity index (χ2v) is 4.27. The van der Waals surface area contributed by atoms with Gasteiger partial charge in [0.25, 0.3) is 0 Å². The highest BCUT2D eigenvalue weighted by molar-refractivity contribution is 5.76. The van der Waals surface area contributed by atoms with Gasteiger partial charge in [-0.25, -0.2) is 0 Å². The molecule has 0 spiro atoms. The summed E-state index contributed by atoms with van der Waals surface area (Å²) in [5, 5.41) is 35.5. The van der Waals surface area contributed by atoms with Crippen molar-refractivity contribution < 1.29 is 20.1 Å². The van der Waals surface area contributed by atoms with Crippen molar-refractivity contribution in [3.8, 4) is 0 Å². The lowest BCUT2D eigenvalue weighted by atomic mass is 10.1. The lowest BCUT2D eigenvalue weighted by Crippen LogP contribution is -2.32. The molecule has 0 aliphatic carbocycles. The minimum atomic E-state index is -1.12. The maximum atomic E-state index is 9.93. The smallest absolute Gasteiger partial charge is 0.130 e. The Labute approximate surface area is 102 Å². The lowest BCUT2D eigenvalue weighted by Gasteiger charge is -2.12. The number of nitrogens with zero attached hydrogens (tertiary/aromatic N) is 2. The SMILES string of the molecule is OC[C@H]1O[C@@H](c2[nH]nc3cccnc23)[C@H](O)[C@@H]1O. The summed E-state index contributed by atoms with van der Waals surface area (Å²) in [6.45, 7) is -0.353. The summed E-state index contributed by atoms with van der Waals surface area (Å²) in [6.07, 6.45) is -2.19. The summed E-state index contributed by atoms with van der Waals surface area (Å²) in [7, 11) is 0. The van der Waals surface area contributed by atoms with Crippen LogP contribution >= 0.6 is 0 Å². The van der Waals surface area contributed by atoms with Gasteiger partial charge in [0.2, 0.25) is 0 Å². The van der Waals surface area contributed by atoms with Gasteiger partial charge in [0.15, 0.2) is 0 Å². The van der Waals surface area contributed by atoms with E-state index < -0.39 is 24.4 Å². The Bertz CT molecular complexity index is 558. The van der Waals surface area contributed by atoms with Crippen molar-refractivity contribution in [2.75, 3.05) is 6.61 Å². The molecule has 1 saturated heterocycles. The second kappa shape index (κ2) is 4.29. The Morgan fingerprint density at radius 1 is 1.33 bits per heavy atom. The van der Waals surface area contributed by atoms with Gasteiger partial charge in [0.05, 0.1) is 12.3 Å². The van der Waals surface area contributed by atoms with Crippen LogP contribution in [0.5, 0.6) is 0 Å². The van der Waals surface area contributed by atoms with Gasteiger partial charge in [-0.05, 0) is 12.1 Å². The van der Waals surface area contributed by atoms with E-state index in [0.29, 0.717) is 16.7 Å². The zero-order chi connectivity index (χ0) is 12.7. The summed E-state index contributed by atoms with van der Waals surface area (Å²) in [6, 6.07) is 3.54. The Morgan fingerprint density at radius 3 is 2.89 bits per heavy atom. The van der Waals surface area contributed by atoms with Crippen molar-refractivity contribution in [3.05, 3.63) is 24.0 Å². The summed E-state index contributed by atoms with van der Waals surface area (Å²) >= 11 is 0. The first-order valence-electron chi connectivity index (χ1n) is 5.64. The van der Waals surface area contributed by atoms with Crippen LogP contribution in [-0.4, -0.2) is 55.4 Å². The Morgan fingerprint density at radius 2 is 2.17 bits per heavy atom. The molecule has 0 bridgehead atoms. The zero-order valence-electron chi connectivity index (χ0n) is 9.39. The van der Waals surface area contributed by atoms with Crippen LogP contribution in [0.1, 0.15) is 11.8 Å². The molecular formula is C11H13N3O4. The number of rotatable bonds is 2. The fourth-order valence-electron chi connectivity index (χ4n) is 2.20. The molecular weight excluding hydrogens is 238 g/mol. The summed E-state index contributed by atoms with van der Waals surface area (Å²) in [4.78, 5) is 4.17. The topological polar surface area (TPSA) is 111 Å². The van der Waals surface area contributed by atoms with Crippen molar-refractivity contribution in [2.45, 2.75) is 24.4 Å². The quantitative estimate of drug-likeness (QED) is 0.551. The van der Waals surface area contributed by atoms with Crippen LogP contribution in [0.25, 0.3) is 11.0 Å². The van der Waals surface area contributed by atoms with Crippen LogP contribution in [0.15, 0.2) is 18.3 Å². The molecule has 4 N–H and O–H groups in total. The van der Waals surface area contributed by atoms with E-state index in [-0.39, 0.29) is 6.61 Å². The second-order valence-electron chi connectivity index (χ2n) is 4.27. The highest BCUT2D eigenvalue weighted by atomic mass is 16.6. The van der Waals surface area contributed by atoms with Gasteiger partial charge in [0.1, 0.15) is 35.4 Å². The monoisotopic (exact) mass is 251 g/mol. The molecule has 1 aliphatic heterocycles. The Balaban J connectivity index is 2.00. The molecule has 4 atom stereocenters. The van der Waals surface area contributed by atoms with Gasteiger partial charge in [-0.1, -0.05) is 0 Å². The molecule has 3 heterocycles. The van der Waals surface area contributed by atoms with Gasteiger partial charge in [-0.3, -0.25) is 10.1 Å². The molecule has 0 amide bonds. The molecule has 0 aromatic carbocycles. The van der Waals surface area contributed by atoms with Gasteiger partial charge in [0, 0.05) is 6.20 Å². The van der Waals surface area contributed by atoms with Crippen LogP contribution in [0.4, 0.5) is 0 Å². The van der Waals surface area contributed by atoms with E-state index in [1.165, 1.54) is 0 Å². The standard InChI is InChI=1S/C11H13N3O4/c15-4-6-9(16)10(17)11(18-6)8-7-5(13-14-8)2-1-3-12-7/h1-3,6,9-11,15-17H,4H2,(H,13,14)/t6-,9-,10-,11+/m1/s1. The molecule has 7 nitrogen and oxygen atoms in total. The molecule has 0 unspecified atom stereocenters. The molecule has 1 aliphatic rings. The zero-order valence-corrected chi connectivity index (χ0v) is 9.39. The molecule has 2 aromatic heterocycles. The fourth-order valence-corrected chi connectivity index (χ4v) is 2.20. The number of ether oxygens (including phenoxy) is 1. The van der Waals surface area contributed by atoms with E-state index >= 15 is 0 Å². The van der Waals surface area contributed by atoms with Crippen molar-refractivity contribution in [1.82, 2.24) is 15.2 Å². The van der Waals surface area contributed by atoms with E-state index in [4.69, 9.17) is 9.84 Å². The van der Waals surface area contributed by atoms with Crippen molar-refractivity contribution in [3.63, 3.8) is 0 Å². The molecule has 0 radical (unpaired) electrons. The first-order chi connectivity index (χ1) is 8.72. The number of fused-ring (bicyclic) bond motifs is 1. The van der Waals surface area contributed by atoms with E-state index in [0.717, 1.165) is 0 Å². The van der Waals surface area contributed by atoms with Crippen LogP contribution in [0.2, 0.25) is 0 Å². The van der Waals surface area contributed by atoms with Gasteiger partial charge in [-0.2, -0.15) is 5.10 Å². The van der Waals surface area contributed by atoms with Gasteiger partial charge < -0.3 is 20.1 Å². The average Bonchev–Trinajstić information content (AvgIpc) is 2.93. The number of pyridine rings is 1. The van der Waals surface area contributed by atoms with Gasteiger partial charge in [-0.15, -0.1) is 0 Å². The normalized spacial score (nSPS) is 32.2. The van der Waals surface area contributed by atoms with Crippen LogP contribution in [0.3, 0.4) is 0 Å². The highest BCUT2D eigenvalue weighted by Gasteiger charge is 2.44. The molecule has 18 heavy (non-hydrogen) atoms. The number of aromatic nitrogens is 3. The third-order valence-electron chi connectivity index (χ3n) is 3.17. The minimum absolute atomic E-state index is 0.353. The third kappa shape index (κ3) is 1.60. The molecule has 96 valence electrons. The van der Waals surface area contributed by atoms with Crippen LogP contribution in [0, 0.1) is 0 Å². The van der Waals surface area contributed by atoms with Gasteiger partial charge >= 0.3 is 0 Å². The number of hydrogen-bond donors (Lipinski definition) is 4. The predicted octanol–water partition coefficient (Wildman–Crippen LogP) is -0.888. The summed E-state index contributed by atoms with van der Waals surface area (Å²) < 4.78 is 5.43. The number of nitrogens with one attached hydrogen (secondary N) is 1. The number of aromatic amines is 1. The molecule has 0 saturated carbocycles. The number of aliphatic hydroxyl groups is 3. The maximum Gasteiger partial charge on any atom is 0.130 e. The fraction of sp³-hybridized carbons (Fsp3) is 0.455. The Hall–Kier alpha value is -1.54. The molecule has 7 heteroatoms. The molecule has 2 aromatic rings. The highest BCUT2D eigenvalue weighted by Crippen LogP contribution is 2.34. The number of aliphatic hydroxyl groups excluding tert-OH is 3. The summed E-state index contributed by atoms with van der Waals surface area (Å²) in [5.41, 5.74) is 1.76. The van der Waals surface area contributed by atoms with E-state index in [1.54, 1.807) is 18.3 Å². The van der Waals surface area contributed by atoms with Crippen molar-refractivity contribution in [1.29, 1.82) is 0 Å². The minimum Gasteiger partial charge on any atom is -0.394 e.